The maximum absolute atomic E-state index is 2.80. The highest BCUT2D eigenvalue weighted by atomic mass is 15.3. The SMILES string of the molecule is CC(C)N1C[C@H](C)N(C(C)CCC(C)N2CCN(C(C)C)[C@@H](C)[C@@H]2C)[C@@H](C)C1. The molecule has 2 unspecified atom stereocenters. The third-order valence-corrected chi connectivity index (χ3v) is 7.85. The lowest BCUT2D eigenvalue weighted by molar-refractivity contribution is -0.0171. The van der Waals surface area contributed by atoms with Crippen LogP contribution >= 0.6 is 0 Å². The largest absolute Gasteiger partial charge is 0.298 e. The van der Waals surface area contributed by atoms with Crippen LogP contribution in [0.4, 0.5) is 0 Å². The van der Waals surface area contributed by atoms with Crippen LogP contribution < -0.4 is 0 Å². The molecular weight excluding hydrogens is 344 g/mol. The first-order chi connectivity index (χ1) is 13.0. The summed E-state index contributed by atoms with van der Waals surface area (Å²) in [5.74, 6) is 0. The lowest BCUT2D eigenvalue weighted by Crippen LogP contribution is -2.61. The summed E-state index contributed by atoms with van der Waals surface area (Å²) in [7, 11) is 0. The normalized spacial score (nSPS) is 34.3. The Kier molecular flexibility index (Phi) is 8.82. The fourth-order valence-corrected chi connectivity index (χ4v) is 6.01. The number of piperazine rings is 2. The fourth-order valence-electron chi connectivity index (χ4n) is 6.01. The van der Waals surface area contributed by atoms with Crippen molar-refractivity contribution in [1.29, 1.82) is 0 Å². The molecule has 2 saturated heterocycles. The van der Waals surface area contributed by atoms with Crippen molar-refractivity contribution in [3.8, 4) is 0 Å². The zero-order valence-electron chi connectivity index (χ0n) is 20.7. The molecule has 0 saturated carbocycles. The maximum Gasteiger partial charge on any atom is 0.0224 e. The van der Waals surface area contributed by atoms with Crippen LogP contribution in [-0.2, 0) is 0 Å². The van der Waals surface area contributed by atoms with Gasteiger partial charge in [0.05, 0.1) is 0 Å². The van der Waals surface area contributed by atoms with Crippen molar-refractivity contribution in [3.05, 3.63) is 0 Å². The van der Waals surface area contributed by atoms with Gasteiger partial charge in [-0.15, -0.1) is 0 Å². The van der Waals surface area contributed by atoms with E-state index in [1.807, 2.05) is 0 Å². The highest BCUT2D eigenvalue weighted by Crippen LogP contribution is 2.26. The summed E-state index contributed by atoms with van der Waals surface area (Å²) in [5.41, 5.74) is 0. The van der Waals surface area contributed by atoms with Crippen molar-refractivity contribution in [2.24, 2.45) is 0 Å². The van der Waals surface area contributed by atoms with Gasteiger partial charge in [0.1, 0.15) is 0 Å². The smallest absolute Gasteiger partial charge is 0.0224 e. The van der Waals surface area contributed by atoms with Crippen LogP contribution in [-0.4, -0.2) is 94.1 Å². The van der Waals surface area contributed by atoms with Gasteiger partial charge in [0.15, 0.2) is 0 Å². The molecule has 2 fully saturated rings. The molecule has 2 heterocycles. The number of hydrogen-bond acceptors (Lipinski definition) is 4. The van der Waals surface area contributed by atoms with E-state index in [0.29, 0.717) is 48.3 Å². The maximum atomic E-state index is 2.80. The Labute approximate surface area is 176 Å². The molecule has 0 amide bonds. The number of hydrogen-bond donors (Lipinski definition) is 0. The van der Waals surface area contributed by atoms with Crippen LogP contribution in [0.2, 0.25) is 0 Å². The minimum Gasteiger partial charge on any atom is -0.298 e. The highest BCUT2D eigenvalue weighted by Gasteiger charge is 2.36. The van der Waals surface area contributed by atoms with Crippen LogP contribution in [0.25, 0.3) is 0 Å². The van der Waals surface area contributed by atoms with Gasteiger partial charge in [0, 0.05) is 74.5 Å². The van der Waals surface area contributed by atoms with E-state index in [2.05, 4.69) is 88.8 Å². The van der Waals surface area contributed by atoms with Gasteiger partial charge in [-0.3, -0.25) is 19.6 Å². The molecule has 0 bridgehead atoms. The Balaban J connectivity index is 1.87. The lowest BCUT2D eigenvalue weighted by atomic mass is 9.96. The molecule has 0 aliphatic carbocycles. The van der Waals surface area contributed by atoms with Gasteiger partial charge < -0.3 is 0 Å². The molecule has 2 rings (SSSR count). The summed E-state index contributed by atoms with van der Waals surface area (Å²) >= 11 is 0. The van der Waals surface area contributed by atoms with E-state index in [9.17, 15) is 0 Å². The standard InChI is InChI=1S/C24H50N4/c1-17(2)25-15-21(7)28(22(8)16-25)20(6)12-11-19(5)27-14-13-26(18(3)4)23(9)24(27)10/h17-24H,11-16H2,1-10H3/t19?,20?,21-,22-,23-,24-/m0/s1. The molecule has 2 aliphatic heterocycles. The van der Waals surface area contributed by atoms with Gasteiger partial charge in [-0.2, -0.15) is 0 Å². The summed E-state index contributed by atoms with van der Waals surface area (Å²) in [5, 5.41) is 0. The van der Waals surface area contributed by atoms with E-state index in [-0.39, 0.29) is 0 Å². The van der Waals surface area contributed by atoms with Crippen molar-refractivity contribution in [2.75, 3.05) is 26.2 Å². The van der Waals surface area contributed by atoms with E-state index in [0.717, 1.165) is 0 Å². The van der Waals surface area contributed by atoms with E-state index in [1.54, 1.807) is 0 Å². The molecule has 4 nitrogen and oxygen atoms in total. The van der Waals surface area contributed by atoms with Crippen LogP contribution in [0, 0.1) is 0 Å². The zero-order valence-corrected chi connectivity index (χ0v) is 20.7. The molecule has 28 heavy (non-hydrogen) atoms. The van der Waals surface area contributed by atoms with E-state index in [1.165, 1.54) is 39.0 Å². The monoisotopic (exact) mass is 394 g/mol. The van der Waals surface area contributed by atoms with Gasteiger partial charge in [-0.05, 0) is 82.1 Å². The van der Waals surface area contributed by atoms with Crippen molar-refractivity contribution >= 4 is 0 Å². The molecule has 0 radical (unpaired) electrons. The van der Waals surface area contributed by atoms with Crippen LogP contribution in [0.1, 0.15) is 82.1 Å². The van der Waals surface area contributed by atoms with Crippen LogP contribution in [0.3, 0.4) is 0 Å². The zero-order chi connectivity index (χ0) is 21.2. The fraction of sp³-hybridized carbons (Fsp3) is 1.00. The van der Waals surface area contributed by atoms with Gasteiger partial charge in [0.25, 0.3) is 0 Å². The van der Waals surface area contributed by atoms with Crippen molar-refractivity contribution in [2.45, 2.75) is 130 Å². The summed E-state index contributed by atoms with van der Waals surface area (Å²) in [4.78, 5) is 10.9. The minimum absolute atomic E-state index is 0.647. The molecule has 4 heteroatoms. The molecule has 0 aromatic heterocycles. The third-order valence-electron chi connectivity index (χ3n) is 7.85. The Morgan fingerprint density at radius 3 is 1.61 bits per heavy atom. The first-order valence-corrected chi connectivity index (χ1v) is 12.1. The second-order valence-corrected chi connectivity index (χ2v) is 10.5. The van der Waals surface area contributed by atoms with Gasteiger partial charge in [-0.1, -0.05) is 0 Å². The topological polar surface area (TPSA) is 13.0 Å². The lowest BCUT2D eigenvalue weighted by Gasteiger charge is -2.50. The average molecular weight is 395 g/mol. The van der Waals surface area contributed by atoms with Crippen LogP contribution in [0.5, 0.6) is 0 Å². The first-order valence-electron chi connectivity index (χ1n) is 12.1. The summed E-state index contributed by atoms with van der Waals surface area (Å²) in [6, 6.07) is 5.28. The average Bonchev–Trinajstić information content (AvgIpc) is 2.60. The van der Waals surface area contributed by atoms with Crippen molar-refractivity contribution in [1.82, 2.24) is 19.6 Å². The molecule has 2 aliphatic rings. The van der Waals surface area contributed by atoms with E-state index < -0.39 is 0 Å². The molecule has 0 spiro atoms. The number of rotatable bonds is 7. The summed E-state index contributed by atoms with van der Waals surface area (Å²) in [6.07, 6.45) is 2.62. The second kappa shape index (κ2) is 10.2. The van der Waals surface area contributed by atoms with Crippen LogP contribution in [0.15, 0.2) is 0 Å². The predicted molar refractivity (Wildman–Crippen MR) is 123 cm³/mol. The van der Waals surface area contributed by atoms with Gasteiger partial charge in [0.2, 0.25) is 0 Å². The summed E-state index contributed by atoms with van der Waals surface area (Å²) in [6.45, 7) is 28.9. The Bertz CT molecular complexity index is 454. The predicted octanol–water partition coefficient (Wildman–Crippen LogP) is 4.15. The quantitative estimate of drug-likeness (QED) is 0.643. The van der Waals surface area contributed by atoms with Crippen molar-refractivity contribution in [3.63, 3.8) is 0 Å². The molecule has 0 aromatic rings. The Morgan fingerprint density at radius 1 is 0.643 bits per heavy atom. The minimum atomic E-state index is 0.647. The number of nitrogens with zero attached hydrogens (tertiary/aromatic N) is 4. The highest BCUT2D eigenvalue weighted by molar-refractivity contribution is 4.92. The van der Waals surface area contributed by atoms with E-state index >= 15 is 0 Å². The molecule has 6 atom stereocenters. The molecule has 166 valence electrons. The Hall–Kier alpha value is -0.160. The Morgan fingerprint density at radius 2 is 1.11 bits per heavy atom. The first kappa shape index (κ1) is 24.1. The molecule has 0 aromatic carbocycles. The molecular formula is C24H50N4. The van der Waals surface area contributed by atoms with Gasteiger partial charge >= 0.3 is 0 Å². The van der Waals surface area contributed by atoms with Crippen molar-refractivity contribution < 1.29 is 0 Å². The second-order valence-electron chi connectivity index (χ2n) is 10.5. The summed E-state index contributed by atoms with van der Waals surface area (Å²) < 4.78 is 0. The van der Waals surface area contributed by atoms with Gasteiger partial charge in [-0.25, -0.2) is 0 Å². The molecule has 0 N–H and O–H groups in total. The third kappa shape index (κ3) is 5.50. The van der Waals surface area contributed by atoms with E-state index in [4.69, 9.17) is 0 Å².